The van der Waals surface area contributed by atoms with E-state index in [9.17, 15) is 4.79 Å². The Morgan fingerprint density at radius 1 is 1.15 bits per heavy atom. The second kappa shape index (κ2) is 8.21. The van der Waals surface area contributed by atoms with E-state index in [0.29, 0.717) is 37.0 Å². The molecule has 1 atom stereocenters. The summed E-state index contributed by atoms with van der Waals surface area (Å²) in [6, 6.07) is 6.22. The molecule has 20 heavy (non-hydrogen) atoms. The zero-order valence-corrected chi connectivity index (χ0v) is 13.4. The van der Waals surface area contributed by atoms with Gasteiger partial charge in [0, 0.05) is 12.8 Å². The molecule has 1 aromatic carbocycles. The molecular weight excluding hydrogens is 246 g/mol. The molecule has 0 amide bonds. The van der Waals surface area contributed by atoms with Crippen LogP contribution in [0, 0.1) is 25.7 Å². The van der Waals surface area contributed by atoms with E-state index in [1.807, 2.05) is 0 Å². The van der Waals surface area contributed by atoms with E-state index >= 15 is 0 Å². The predicted molar refractivity (Wildman–Crippen MR) is 85.9 cm³/mol. The number of carbonyl (C=O) groups excluding carboxylic acids is 1. The Morgan fingerprint density at radius 3 is 2.25 bits per heavy atom. The van der Waals surface area contributed by atoms with Crippen LogP contribution in [0.2, 0.25) is 0 Å². The lowest BCUT2D eigenvalue weighted by molar-refractivity contribution is -0.118. The summed E-state index contributed by atoms with van der Waals surface area (Å²) in [5, 5.41) is 0. The van der Waals surface area contributed by atoms with Gasteiger partial charge in [-0.1, -0.05) is 32.0 Å². The van der Waals surface area contributed by atoms with Crippen LogP contribution in [0.5, 0.6) is 0 Å². The lowest BCUT2D eigenvalue weighted by atomic mass is 9.86. The van der Waals surface area contributed by atoms with Gasteiger partial charge in [0.05, 0.1) is 0 Å². The molecule has 112 valence electrons. The Morgan fingerprint density at radius 2 is 1.75 bits per heavy atom. The molecule has 1 rings (SSSR count). The topological polar surface area (TPSA) is 43.1 Å². The summed E-state index contributed by atoms with van der Waals surface area (Å²) in [7, 11) is 0. The van der Waals surface area contributed by atoms with Crippen molar-refractivity contribution < 1.29 is 4.79 Å². The highest BCUT2D eigenvalue weighted by Gasteiger charge is 2.15. The number of rotatable bonds is 8. The lowest BCUT2D eigenvalue weighted by Crippen LogP contribution is -2.16. The smallest absolute Gasteiger partial charge is 0.137 e. The minimum Gasteiger partial charge on any atom is -0.330 e. The van der Waals surface area contributed by atoms with Crippen molar-refractivity contribution in [3.63, 3.8) is 0 Å². The average molecular weight is 275 g/mol. The number of Topliss-reactive ketones (excluding diaryl/α,β-unsaturated/α-hetero) is 1. The van der Waals surface area contributed by atoms with Crippen molar-refractivity contribution in [3.05, 3.63) is 34.9 Å². The summed E-state index contributed by atoms with van der Waals surface area (Å²) in [5.74, 6) is 1.53. The SMILES string of the molecule is Cc1cccc(C)c1CC(=O)CCC(CCN)C(C)C. The molecule has 0 bridgehead atoms. The van der Waals surface area contributed by atoms with Gasteiger partial charge >= 0.3 is 0 Å². The van der Waals surface area contributed by atoms with Crippen molar-refractivity contribution in [1.29, 1.82) is 0 Å². The van der Waals surface area contributed by atoms with Crippen molar-refractivity contribution in [2.75, 3.05) is 6.54 Å². The van der Waals surface area contributed by atoms with E-state index in [4.69, 9.17) is 5.73 Å². The number of hydrogen-bond donors (Lipinski definition) is 1. The fraction of sp³-hybridized carbons (Fsp3) is 0.611. The molecule has 0 radical (unpaired) electrons. The number of carbonyl (C=O) groups is 1. The number of aryl methyl sites for hydroxylation is 2. The van der Waals surface area contributed by atoms with Gasteiger partial charge in [0.1, 0.15) is 5.78 Å². The van der Waals surface area contributed by atoms with Gasteiger partial charge < -0.3 is 5.73 Å². The fourth-order valence-corrected chi connectivity index (χ4v) is 2.78. The van der Waals surface area contributed by atoms with Crippen molar-refractivity contribution in [2.24, 2.45) is 17.6 Å². The quantitative estimate of drug-likeness (QED) is 0.784. The maximum absolute atomic E-state index is 12.2. The number of nitrogens with two attached hydrogens (primary N) is 1. The third-order valence-corrected chi connectivity index (χ3v) is 4.29. The summed E-state index contributed by atoms with van der Waals surface area (Å²) in [6.45, 7) is 9.32. The molecule has 0 saturated carbocycles. The number of ketones is 1. The average Bonchev–Trinajstić information content (AvgIpc) is 2.38. The zero-order chi connectivity index (χ0) is 15.1. The third-order valence-electron chi connectivity index (χ3n) is 4.29. The molecule has 2 nitrogen and oxygen atoms in total. The minimum absolute atomic E-state index is 0.352. The van der Waals surface area contributed by atoms with Gasteiger partial charge in [0.2, 0.25) is 0 Å². The Balaban J connectivity index is 2.55. The molecule has 0 spiro atoms. The first-order valence-corrected chi connectivity index (χ1v) is 7.72. The first-order valence-electron chi connectivity index (χ1n) is 7.72. The standard InChI is InChI=1S/C18H29NO/c1-13(2)16(10-11-19)8-9-17(20)12-18-14(3)6-5-7-15(18)4/h5-7,13,16H,8-12,19H2,1-4H3. The highest BCUT2D eigenvalue weighted by atomic mass is 16.1. The van der Waals surface area contributed by atoms with E-state index in [1.165, 1.54) is 16.7 Å². The van der Waals surface area contributed by atoms with E-state index in [2.05, 4.69) is 45.9 Å². The molecule has 0 heterocycles. The maximum atomic E-state index is 12.2. The van der Waals surface area contributed by atoms with Gasteiger partial charge in [0.15, 0.2) is 0 Å². The summed E-state index contributed by atoms with van der Waals surface area (Å²) in [6.07, 6.45) is 3.25. The monoisotopic (exact) mass is 275 g/mol. The molecular formula is C18H29NO. The van der Waals surface area contributed by atoms with Crippen molar-refractivity contribution in [3.8, 4) is 0 Å². The van der Waals surface area contributed by atoms with Crippen LogP contribution >= 0.6 is 0 Å². The summed E-state index contributed by atoms with van der Waals surface area (Å²) in [5.41, 5.74) is 9.30. The molecule has 2 heteroatoms. The predicted octanol–water partition coefficient (Wildman–Crippen LogP) is 3.82. The van der Waals surface area contributed by atoms with Crippen molar-refractivity contribution in [2.45, 2.75) is 53.4 Å². The van der Waals surface area contributed by atoms with Crippen molar-refractivity contribution in [1.82, 2.24) is 0 Å². The summed E-state index contributed by atoms with van der Waals surface area (Å²) >= 11 is 0. The van der Waals surface area contributed by atoms with Gasteiger partial charge in [-0.3, -0.25) is 4.79 Å². The Kier molecular flexibility index (Phi) is 6.94. The van der Waals surface area contributed by atoms with E-state index in [-0.39, 0.29) is 0 Å². The Bertz CT molecular complexity index is 417. The molecule has 0 aliphatic rings. The molecule has 1 unspecified atom stereocenters. The van der Waals surface area contributed by atoms with E-state index in [0.717, 1.165) is 12.8 Å². The molecule has 1 aromatic rings. The summed E-state index contributed by atoms with van der Waals surface area (Å²) < 4.78 is 0. The van der Waals surface area contributed by atoms with Crippen LogP contribution in [0.1, 0.15) is 49.8 Å². The van der Waals surface area contributed by atoms with Gasteiger partial charge in [-0.2, -0.15) is 0 Å². The highest BCUT2D eigenvalue weighted by Crippen LogP contribution is 2.22. The number of benzene rings is 1. The maximum Gasteiger partial charge on any atom is 0.137 e. The van der Waals surface area contributed by atoms with Crippen LogP contribution < -0.4 is 5.73 Å². The van der Waals surface area contributed by atoms with Crippen LogP contribution in [0.3, 0.4) is 0 Å². The summed E-state index contributed by atoms with van der Waals surface area (Å²) in [4.78, 5) is 12.2. The second-order valence-corrected chi connectivity index (χ2v) is 6.21. The van der Waals surface area contributed by atoms with Gasteiger partial charge in [-0.25, -0.2) is 0 Å². The largest absolute Gasteiger partial charge is 0.330 e. The molecule has 0 fully saturated rings. The van der Waals surface area contributed by atoms with Gasteiger partial charge in [-0.05, 0) is 61.8 Å². The van der Waals surface area contributed by atoms with Gasteiger partial charge in [0.25, 0.3) is 0 Å². The minimum atomic E-state index is 0.352. The molecule has 0 aliphatic heterocycles. The fourth-order valence-electron chi connectivity index (χ4n) is 2.78. The molecule has 0 saturated heterocycles. The van der Waals surface area contributed by atoms with Crippen LogP contribution in [-0.4, -0.2) is 12.3 Å². The van der Waals surface area contributed by atoms with Crippen LogP contribution in [0.25, 0.3) is 0 Å². The Labute approximate surface area is 123 Å². The van der Waals surface area contributed by atoms with Crippen LogP contribution in [0.15, 0.2) is 18.2 Å². The van der Waals surface area contributed by atoms with E-state index in [1.54, 1.807) is 0 Å². The van der Waals surface area contributed by atoms with Crippen molar-refractivity contribution >= 4 is 5.78 Å². The highest BCUT2D eigenvalue weighted by molar-refractivity contribution is 5.81. The Hall–Kier alpha value is -1.15. The normalized spacial score (nSPS) is 12.7. The molecule has 0 aromatic heterocycles. The third kappa shape index (κ3) is 5.09. The lowest BCUT2D eigenvalue weighted by Gasteiger charge is -2.19. The van der Waals surface area contributed by atoms with Crippen LogP contribution in [0.4, 0.5) is 0 Å². The second-order valence-electron chi connectivity index (χ2n) is 6.21. The molecule has 2 N–H and O–H groups in total. The first-order chi connectivity index (χ1) is 9.45. The number of hydrogen-bond acceptors (Lipinski definition) is 2. The zero-order valence-electron chi connectivity index (χ0n) is 13.4. The van der Waals surface area contributed by atoms with E-state index < -0.39 is 0 Å². The molecule has 0 aliphatic carbocycles. The first kappa shape index (κ1) is 16.9. The van der Waals surface area contributed by atoms with Crippen LogP contribution in [-0.2, 0) is 11.2 Å². The van der Waals surface area contributed by atoms with Gasteiger partial charge in [-0.15, -0.1) is 0 Å².